The number of thiol groups is 1. The molecule has 0 saturated heterocycles. The molecule has 2 aromatic rings. The van der Waals surface area contributed by atoms with E-state index in [-0.39, 0.29) is 0 Å². The van der Waals surface area contributed by atoms with Crippen molar-refractivity contribution in [3.05, 3.63) is 28.6 Å². The average molecular weight is 219 g/mol. The summed E-state index contributed by atoms with van der Waals surface area (Å²) in [4.78, 5) is 2.17. The molecule has 0 radical (unpaired) electrons. The van der Waals surface area contributed by atoms with Crippen LogP contribution >= 0.6 is 24.0 Å². The summed E-state index contributed by atoms with van der Waals surface area (Å²) in [5.41, 5.74) is 0.734. The van der Waals surface area contributed by atoms with Crippen molar-refractivity contribution in [2.24, 2.45) is 0 Å². The molecule has 1 heterocycles. The van der Waals surface area contributed by atoms with E-state index >= 15 is 0 Å². The molecule has 3 heteroatoms. The molecule has 0 amide bonds. The first kappa shape index (κ1) is 9.57. The fourth-order valence-electron chi connectivity index (χ4n) is 1.45. The van der Waals surface area contributed by atoms with E-state index in [4.69, 9.17) is 5.26 Å². The first-order valence-electron chi connectivity index (χ1n) is 4.40. The van der Waals surface area contributed by atoms with Crippen molar-refractivity contribution in [1.82, 2.24) is 0 Å². The predicted octanol–water partition coefficient (Wildman–Crippen LogP) is 3.62. The highest BCUT2D eigenvalue weighted by molar-refractivity contribution is 7.80. The lowest BCUT2D eigenvalue weighted by Gasteiger charge is -1.94. The molecule has 0 aliphatic rings. The van der Waals surface area contributed by atoms with Crippen molar-refractivity contribution >= 4 is 34.1 Å². The maximum absolute atomic E-state index is 8.96. The number of aryl methyl sites for hydroxylation is 1. The van der Waals surface area contributed by atoms with E-state index in [9.17, 15) is 0 Å². The Hall–Kier alpha value is -0.980. The second-order valence-electron chi connectivity index (χ2n) is 3.09. The second-order valence-corrected chi connectivity index (χ2v) is 4.74. The standard InChI is InChI=1S/C11H9NS2/c1-2-10-5-7-3-9(13)4-8(6-12)11(7)14-10/h3-5,13H,2H2,1H3. The van der Waals surface area contributed by atoms with Crippen LogP contribution in [-0.2, 0) is 6.42 Å². The van der Waals surface area contributed by atoms with E-state index in [1.165, 1.54) is 4.88 Å². The lowest BCUT2D eigenvalue weighted by atomic mass is 10.2. The first-order valence-corrected chi connectivity index (χ1v) is 5.66. The zero-order valence-electron chi connectivity index (χ0n) is 7.74. The van der Waals surface area contributed by atoms with Crippen molar-refractivity contribution in [2.75, 3.05) is 0 Å². The van der Waals surface area contributed by atoms with Gasteiger partial charge in [0.2, 0.25) is 0 Å². The van der Waals surface area contributed by atoms with Gasteiger partial charge in [-0.1, -0.05) is 6.92 Å². The molecular formula is C11H9NS2. The van der Waals surface area contributed by atoms with Crippen LogP contribution in [0.2, 0.25) is 0 Å². The van der Waals surface area contributed by atoms with Gasteiger partial charge < -0.3 is 0 Å². The summed E-state index contributed by atoms with van der Waals surface area (Å²) < 4.78 is 1.09. The fraction of sp³-hybridized carbons (Fsp3) is 0.182. The van der Waals surface area contributed by atoms with Gasteiger partial charge in [0.05, 0.1) is 10.3 Å². The molecule has 0 aliphatic carbocycles. The Kier molecular flexibility index (Phi) is 2.49. The summed E-state index contributed by atoms with van der Waals surface area (Å²) in [6.45, 7) is 2.12. The lowest BCUT2D eigenvalue weighted by molar-refractivity contribution is 1.19. The minimum absolute atomic E-state index is 0.734. The molecule has 0 spiro atoms. The molecule has 70 valence electrons. The number of thiophene rings is 1. The highest BCUT2D eigenvalue weighted by Gasteiger charge is 2.06. The molecule has 0 unspecified atom stereocenters. The summed E-state index contributed by atoms with van der Waals surface area (Å²) in [6.07, 6.45) is 1.02. The number of hydrogen-bond acceptors (Lipinski definition) is 3. The Balaban J connectivity index is 2.79. The Morgan fingerprint density at radius 1 is 1.43 bits per heavy atom. The monoisotopic (exact) mass is 219 g/mol. The summed E-state index contributed by atoms with van der Waals surface area (Å²) >= 11 is 5.98. The van der Waals surface area contributed by atoms with Gasteiger partial charge in [-0.15, -0.1) is 24.0 Å². The van der Waals surface area contributed by atoms with Crippen LogP contribution in [0.1, 0.15) is 17.4 Å². The van der Waals surface area contributed by atoms with Crippen molar-refractivity contribution in [2.45, 2.75) is 18.2 Å². The zero-order valence-corrected chi connectivity index (χ0v) is 9.45. The van der Waals surface area contributed by atoms with E-state index in [0.29, 0.717) is 0 Å². The number of nitriles is 1. The number of hydrogen-bond donors (Lipinski definition) is 1. The van der Waals surface area contributed by atoms with Crippen LogP contribution < -0.4 is 0 Å². The van der Waals surface area contributed by atoms with E-state index in [1.807, 2.05) is 12.1 Å². The highest BCUT2D eigenvalue weighted by Crippen LogP contribution is 2.31. The van der Waals surface area contributed by atoms with Gasteiger partial charge in [-0.05, 0) is 30.0 Å². The van der Waals surface area contributed by atoms with Crippen LogP contribution in [0, 0.1) is 11.3 Å². The van der Waals surface area contributed by atoms with Crippen molar-refractivity contribution in [3.8, 4) is 6.07 Å². The van der Waals surface area contributed by atoms with Gasteiger partial charge in [0, 0.05) is 9.77 Å². The van der Waals surface area contributed by atoms with Crippen LogP contribution in [-0.4, -0.2) is 0 Å². The van der Waals surface area contributed by atoms with Crippen molar-refractivity contribution in [3.63, 3.8) is 0 Å². The fourth-order valence-corrected chi connectivity index (χ4v) is 2.76. The SMILES string of the molecule is CCc1cc2cc(S)cc(C#N)c2s1. The maximum Gasteiger partial charge on any atom is 0.101 e. The van der Waals surface area contributed by atoms with Crippen molar-refractivity contribution < 1.29 is 0 Å². The van der Waals surface area contributed by atoms with Gasteiger partial charge in [-0.25, -0.2) is 0 Å². The highest BCUT2D eigenvalue weighted by atomic mass is 32.1. The number of fused-ring (bicyclic) bond motifs is 1. The lowest BCUT2D eigenvalue weighted by Crippen LogP contribution is -1.74. The molecule has 2 rings (SSSR count). The van der Waals surface area contributed by atoms with Crippen LogP contribution in [0.3, 0.4) is 0 Å². The minimum Gasteiger partial charge on any atom is -0.192 e. The molecule has 1 aromatic heterocycles. The largest absolute Gasteiger partial charge is 0.192 e. The third kappa shape index (κ3) is 1.52. The summed E-state index contributed by atoms with van der Waals surface area (Å²) in [6, 6.07) is 8.18. The zero-order chi connectivity index (χ0) is 10.1. The Bertz CT molecular complexity index is 520. The molecule has 1 aromatic carbocycles. The normalized spacial score (nSPS) is 10.4. The Morgan fingerprint density at radius 2 is 2.21 bits per heavy atom. The van der Waals surface area contributed by atoms with Crippen LogP contribution in [0.25, 0.3) is 10.1 Å². The van der Waals surface area contributed by atoms with Crippen molar-refractivity contribution in [1.29, 1.82) is 5.26 Å². The maximum atomic E-state index is 8.96. The molecule has 0 fully saturated rings. The van der Waals surface area contributed by atoms with Gasteiger partial charge in [0.1, 0.15) is 6.07 Å². The quantitative estimate of drug-likeness (QED) is 0.728. The van der Waals surface area contributed by atoms with Gasteiger partial charge in [0.25, 0.3) is 0 Å². The van der Waals surface area contributed by atoms with Gasteiger partial charge in [-0.2, -0.15) is 5.26 Å². The molecule has 0 saturated carbocycles. The van der Waals surface area contributed by atoms with E-state index in [2.05, 4.69) is 31.7 Å². The predicted molar refractivity (Wildman–Crippen MR) is 63.2 cm³/mol. The van der Waals surface area contributed by atoms with Crippen LogP contribution in [0.4, 0.5) is 0 Å². The second kappa shape index (κ2) is 3.64. The van der Waals surface area contributed by atoms with Gasteiger partial charge in [0.15, 0.2) is 0 Å². The molecule has 0 atom stereocenters. The molecule has 0 N–H and O–H groups in total. The molecule has 1 nitrogen and oxygen atoms in total. The van der Waals surface area contributed by atoms with Crippen LogP contribution in [0.15, 0.2) is 23.1 Å². The first-order chi connectivity index (χ1) is 6.74. The van der Waals surface area contributed by atoms with E-state index < -0.39 is 0 Å². The van der Waals surface area contributed by atoms with Crippen LogP contribution in [0.5, 0.6) is 0 Å². The van der Waals surface area contributed by atoms with E-state index in [1.54, 1.807) is 11.3 Å². The van der Waals surface area contributed by atoms with Gasteiger partial charge >= 0.3 is 0 Å². The number of benzene rings is 1. The molecule has 0 aliphatic heterocycles. The summed E-state index contributed by atoms with van der Waals surface area (Å²) in [7, 11) is 0. The third-order valence-corrected chi connectivity index (χ3v) is 3.71. The number of nitrogens with zero attached hydrogens (tertiary/aromatic N) is 1. The molecular weight excluding hydrogens is 210 g/mol. The van der Waals surface area contributed by atoms with Gasteiger partial charge in [-0.3, -0.25) is 0 Å². The average Bonchev–Trinajstić information content (AvgIpc) is 2.59. The topological polar surface area (TPSA) is 23.8 Å². The third-order valence-electron chi connectivity index (χ3n) is 2.12. The Labute approximate surface area is 92.4 Å². The summed E-state index contributed by atoms with van der Waals surface area (Å²) in [5, 5.41) is 10.1. The summed E-state index contributed by atoms with van der Waals surface area (Å²) in [5.74, 6) is 0. The van der Waals surface area contributed by atoms with E-state index in [0.717, 1.165) is 27.0 Å². The molecule has 0 bridgehead atoms. The minimum atomic E-state index is 0.734. The number of rotatable bonds is 1. The Morgan fingerprint density at radius 3 is 2.86 bits per heavy atom. The molecule has 14 heavy (non-hydrogen) atoms. The smallest absolute Gasteiger partial charge is 0.101 e.